The largest absolute Gasteiger partial charge is 0.339 e. The van der Waals surface area contributed by atoms with Crippen LogP contribution in [0.1, 0.15) is 28.8 Å². The fourth-order valence-corrected chi connectivity index (χ4v) is 2.24. The Kier molecular flexibility index (Phi) is 3.83. The third kappa shape index (κ3) is 2.56. The average molecular weight is 238 g/mol. The van der Waals surface area contributed by atoms with Gasteiger partial charge in [0.05, 0.1) is 0 Å². The van der Waals surface area contributed by atoms with Crippen molar-refractivity contribution in [2.24, 2.45) is 0 Å². The molecule has 3 heteroatoms. The molecule has 1 amide bonds. The molecule has 0 atom stereocenters. The van der Waals surface area contributed by atoms with Crippen molar-refractivity contribution < 1.29 is 4.79 Å². The van der Waals surface area contributed by atoms with Crippen LogP contribution in [-0.2, 0) is 6.42 Å². The van der Waals surface area contributed by atoms with Gasteiger partial charge in [-0.2, -0.15) is 0 Å². The number of hydrogen-bond donors (Lipinski definition) is 0. The molecule has 1 aromatic rings. The number of rotatable bonds is 3. The molecule has 0 N–H and O–H groups in total. The predicted octanol–water partition coefficient (Wildman–Crippen LogP) is 2.70. The molecule has 0 aliphatic carbocycles. The molecule has 0 saturated carbocycles. The number of hydrogen-bond acceptors (Lipinski definition) is 1. The number of aryl methyl sites for hydroxylation is 1. The Morgan fingerprint density at radius 3 is 2.38 bits per heavy atom. The SMILES string of the molecule is O=C(c1ccc(CCCl)cc1)N1CCCC1. The number of carbonyl (C=O) groups is 1. The number of likely N-dealkylation sites (tertiary alicyclic amines) is 1. The number of halogens is 1. The molecule has 2 nitrogen and oxygen atoms in total. The number of nitrogens with zero attached hydrogens (tertiary/aromatic N) is 1. The van der Waals surface area contributed by atoms with E-state index in [0.29, 0.717) is 5.88 Å². The molecule has 1 aromatic carbocycles. The number of benzene rings is 1. The van der Waals surface area contributed by atoms with Crippen LogP contribution in [0.5, 0.6) is 0 Å². The van der Waals surface area contributed by atoms with Crippen molar-refractivity contribution in [3.8, 4) is 0 Å². The zero-order chi connectivity index (χ0) is 11.4. The van der Waals surface area contributed by atoms with Crippen molar-refractivity contribution in [1.29, 1.82) is 0 Å². The molecule has 0 unspecified atom stereocenters. The quantitative estimate of drug-likeness (QED) is 0.741. The summed E-state index contributed by atoms with van der Waals surface area (Å²) in [5.41, 5.74) is 1.98. The molecule has 1 saturated heterocycles. The van der Waals surface area contributed by atoms with E-state index in [1.165, 1.54) is 5.56 Å². The van der Waals surface area contributed by atoms with E-state index in [-0.39, 0.29) is 5.91 Å². The van der Waals surface area contributed by atoms with Gasteiger partial charge in [-0.05, 0) is 37.0 Å². The molecule has 2 rings (SSSR count). The van der Waals surface area contributed by atoms with Crippen molar-refractivity contribution >= 4 is 17.5 Å². The molecule has 1 fully saturated rings. The predicted molar refractivity (Wildman–Crippen MR) is 66.0 cm³/mol. The fraction of sp³-hybridized carbons (Fsp3) is 0.462. The molecule has 0 bridgehead atoms. The number of carbonyl (C=O) groups excluding carboxylic acids is 1. The van der Waals surface area contributed by atoms with Crippen molar-refractivity contribution in [1.82, 2.24) is 4.90 Å². The Balaban J connectivity index is 2.05. The highest BCUT2D eigenvalue weighted by molar-refractivity contribution is 6.18. The van der Waals surface area contributed by atoms with E-state index in [1.807, 2.05) is 29.2 Å². The smallest absolute Gasteiger partial charge is 0.253 e. The lowest BCUT2D eigenvalue weighted by molar-refractivity contribution is 0.0793. The topological polar surface area (TPSA) is 20.3 Å². The first-order valence-electron chi connectivity index (χ1n) is 5.75. The summed E-state index contributed by atoms with van der Waals surface area (Å²) < 4.78 is 0. The molecule has 1 aliphatic rings. The van der Waals surface area contributed by atoms with Gasteiger partial charge in [0.15, 0.2) is 0 Å². The normalized spacial score (nSPS) is 15.4. The van der Waals surface area contributed by atoms with E-state index in [2.05, 4.69) is 0 Å². The summed E-state index contributed by atoms with van der Waals surface area (Å²) in [5, 5.41) is 0. The summed E-state index contributed by atoms with van der Waals surface area (Å²) >= 11 is 5.67. The Morgan fingerprint density at radius 2 is 1.81 bits per heavy atom. The van der Waals surface area contributed by atoms with Crippen molar-refractivity contribution in [2.75, 3.05) is 19.0 Å². The minimum absolute atomic E-state index is 0.162. The molecular weight excluding hydrogens is 222 g/mol. The van der Waals surface area contributed by atoms with Crippen LogP contribution < -0.4 is 0 Å². The van der Waals surface area contributed by atoms with Gasteiger partial charge in [0.1, 0.15) is 0 Å². The summed E-state index contributed by atoms with van der Waals surface area (Å²) in [6.45, 7) is 1.81. The molecular formula is C13H16ClNO. The zero-order valence-corrected chi connectivity index (χ0v) is 10.0. The second-order valence-electron chi connectivity index (χ2n) is 4.14. The third-order valence-electron chi connectivity index (χ3n) is 2.98. The third-order valence-corrected chi connectivity index (χ3v) is 3.17. The monoisotopic (exact) mass is 237 g/mol. The van der Waals surface area contributed by atoms with E-state index in [4.69, 9.17) is 11.6 Å². The second kappa shape index (κ2) is 5.35. The lowest BCUT2D eigenvalue weighted by Crippen LogP contribution is -2.27. The van der Waals surface area contributed by atoms with Crippen LogP contribution in [0, 0.1) is 0 Å². The van der Waals surface area contributed by atoms with Crippen molar-refractivity contribution in [3.05, 3.63) is 35.4 Å². The summed E-state index contributed by atoms with van der Waals surface area (Å²) in [7, 11) is 0. The standard InChI is InChI=1S/C13H16ClNO/c14-8-7-11-3-5-12(6-4-11)13(16)15-9-1-2-10-15/h3-6H,1-2,7-10H2. The molecule has 16 heavy (non-hydrogen) atoms. The summed E-state index contributed by atoms with van der Waals surface area (Å²) in [6, 6.07) is 7.79. The Labute approximate surface area is 101 Å². The van der Waals surface area contributed by atoms with Gasteiger partial charge in [-0.3, -0.25) is 4.79 Å². The van der Waals surface area contributed by atoms with Gasteiger partial charge in [-0.1, -0.05) is 12.1 Å². The first-order chi connectivity index (χ1) is 7.81. The average Bonchev–Trinajstić information content (AvgIpc) is 2.83. The minimum Gasteiger partial charge on any atom is -0.339 e. The Morgan fingerprint density at radius 1 is 1.19 bits per heavy atom. The van der Waals surface area contributed by atoms with Crippen LogP contribution in [0.3, 0.4) is 0 Å². The van der Waals surface area contributed by atoms with Crippen LogP contribution in [-0.4, -0.2) is 29.8 Å². The first-order valence-corrected chi connectivity index (χ1v) is 6.29. The van der Waals surface area contributed by atoms with Gasteiger partial charge in [-0.15, -0.1) is 11.6 Å². The van der Waals surface area contributed by atoms with Crippen LogP contribution in [0.2, 0.25) is 0 Å². The van der Waals surface area contributed by atoms with Crippen LogP contribution in [0.4, 0.5) is 0 Å². The van der Waals surface area contributed by atoms with E-state index in [9.17, 15) is 4.79 Å². The maximum Gasteiger partial charge on any atom is 0.253 e. The van der Waals surface area contributed by atoms with Crippen LogP contribution >= 0.6 is 11.6 Å². The lowest BCUT2D eigenvalue weighted by atomic mass is 10.1. The summed E-state index contributed by atoms with van der Waals surface area (Å²) in [6.07, 6.45) is 3.13. The minimum atomic E-state index is 0.162. The molecule has 1 heterocycles. The van der Waals surface area contributed by atoms with E-state index in [1.54, 1.807) is 0 Å². The summed E-state index contributed by atoms with van der Waals surface area (Å²) in [5.74, 6) is 0.786. The van der Waals surface area contributed by atoms with Gasteiger partial charge in [0.2, 0.25) is 0 Å². The maximum atomic E-state index is 12.0. The zero-order valence-electron chi connectivity index (χ0n) is 9.29. The van der Waals surface area contributed by atoms with Crippen molar-refractivity contribution in [2.45, 2.75) is 19.3 Å². The Bertz CT molecular complexity index is 355. The van der Waals surface area contributed by atoms with Gasteiger partial charge >= 0.3 is 0 Å². The Hall–Kier alpha value is -1.02. The van der Waals surface area contributed by atoms with Gasteiger partial charge < -0.3 is 4.90 Å². The molecule has 0 radical (unpaired) electrons. The molecule has 0 spiro atoms. The lowest BCUT2D eigenvalue weighted by Gasteiger charge is -2.15. The van der Waals surface area contributed by atoms with Crippen LogP contribution in [0.15, 0.2) is 24.3 Å². The number of alkyl halides is 1. The second-order valence-corrected chi connectivity index (χ2v) is 4.51. The van der Waals surface area contributed by atoms with E-state index >= 15 is 0 Å². The van der Waals surface area contributed by atoms with Gasteiger partial charge in [-0.25, -0.2) is 0 Å². The molecule has 0 aromatic heterocycles. The maximum absolute atomic E-state index is 12.0. The summed E-state index contributed by atoms with van der Waals surface area (Å²) in [4.78, 5) is 13.9. The van der Waals surface area contributed by atoms with Crippen LogP contribution in [0.25, 0.3) is 0 Å². The van der Waals surface area contributed by atoms with E-state index in [0.717, 1.165) is 37.9 Å². The highest BCUT2D eigenvalue weighted by Crippen LogP contribution is 2.13. The number of amides is 1. The van der Waals surface area contributed by atoms with Gasteiger partial charge in [0, 0.05) is 24.5 Å². The fourth-order valence-electron chi connectivity index (χ4n) is 2.03. The first kappa shape index (κ1) is 11.5. The molecule has 86 valence electrons. The highest BCUT2D eigenvalue weighted by Gasteiger charge is 2.18. The van der Waals surface area contributed by atoms with Gasteiger partial charge in [0.25, 0.3) is 5.91 Å². The highest BCUT2D eigenvalue weighted by atomic mass is 35.5. The molecule has 1 aliphatic heterocycles. The van der Waals surface area contributed by atoms with E-state index < -0.39 is 0 Å². The van der Waals surface area contributed by atoms with Crippen molar-refractivity contribution in [3.63, 3.8) is 0 Å².